The maximum absolute atomic E-state index is 6.19. The molecule has 1 N–H and O–H groups in total. The summed E-state index contributed by atoms with van der Waals surface area (Å²) in [5.41, 5.74) is 2.84. The summed E-state index contributed by atoms with van der Waals surface area (Å²) in [6, 6.07) is 4.20. The van der Waals surface area contributed by atoms with Gasteiger partial charge in [0.15, 0.2) is 0 Å². The SMILES string of the molecule is Cc1cc(OC2CCC3(CC2)CNC3)nc2c1ccn2C. The molecule has 0 aromatic carbocycles. The van der Waals surface area contributed by atoms with Crippen LogP contribution in [0, 0.1) is 12.3 Å². The number of rotatable bonds is 2. The molecule has 1 aliphatic heterocycles. The Kier molecular flexibility index (Phi) is 2.96. The second-order valence-corrected chi connectivity index (χ2v) is 6.86. The van der Waals surface area contributed by atoms with Crippen LogP contribution < -0.4 is 10.1 Å². The molecule has 4 rings (SSSR count). The topological polar surface area (TPSA) is 39.1 Å². The van der Waals surface area contributed by atoms with Gasteiger partial charge in [0.2, 0.25) is 5.88 Å². The van der Waals surface area contributed by atoms with Crippen molar-refractivity contribution in [2.75, 3.05) is 13.1 Å². The number of nitrogens with one attached hydrogen (secondary N) is 1. The Balaban J connectivity index is 1.51. The first-order valence-electron chi connectivity index (χ1n) is 7.95. The minimum Gasteiger partial charge on any atom is -0.474 e. The summed E-state index contributed by atoms with van der Waals surface area (Å²) >= 11 is 0. The van der Waals surface area contributed by atoms with Gasteiger partial charge in [-0.05, 0) is 49.7 Å². The Labute approximate surface area is 125 Å². The number of nitrogens with zero attached hydrogens (tertiary/aromatic N) is 2. The second kappa shape index (κ2) is 4.73. The van der Waals surface area contributed by atoms with Crippen LogP contribution in [0.5, 0.6) is 5.88 Å². The van der Waals surface area contributed by atoms with Crippen molar-refractivity contribution in [3.8, 4) is 5.88 Å². The minimum absolute atomic E-state index is 0.334. The summed E-state index contributed by atoms with van der Waals surface area (Å²) < 4.78 is 8.25. The Morgan fingerprint density at radius 2 is 2.10 bits per heavy atom. The molecule has 2 fully saturated rings. The molecular weight excluding hydrogens is 262 g/mol. The molecule has 4 nitrogen and oxygen atoms in total. The van der Waals surface area contributed by atoms with Gasteiger partial charge in [-0.15, -0.1) is 0 Å². The Morgan fingerprint density at radius 3 is 2.76 bits per heavy atom. The normalized spacial score (nSPS) is 21.6. The number of hydrogen-bond donors (Lipinski definition) is 1. The molecule has 2 aromatic heterocycles. The van der Waals surface area contributed by atoms with E-state index < -0.39 is 0 Å². The van der Waals surface area contributed by atoms with Crippen molar-refractivity contribution in [3.05, 3.63) is 23.9 Å². The lowest BCUT2D eigenvalue weighted by molar-refractivity contribution is 0.0403. The van der Waals surface area contributed by atoms with Crippen LogP contribution in [0.1, 0.15) is 31.2 Å². The van der Waals surface area contributed by atoms with Crippen molar-refractivity contribution in [2.45, 2.75) is 38.7 Å². The summed E-state index contributed by atoms with van der Waals surface area (Å²) in [7, 11) is 2.03. The molecule has 21 heavy (non-hydrogen) atoms. The van der Waals surface area contributed by atoms with Gasteiger partial charge >= 0.3 is 0 Å². The molecule has 0 radical (unpaired) electrons. The summed E-state index contributed by atoms with van der Waals surface area (Å²) in [4.78, 5) is 4.69. The molecule has 1 saturated carbocycles. The van der Waals surface area contributed by atoms with Gasteiger partial charge in [-0.1, -0.05) is 0 Å². The van der Waals surface area contributed by atoms with E-state index in [2.05, 4.69) is 40.1 Å². The predicted octanol–water partition coefficient (Wildman–Crippen LogP) is 2.79. The van der Waals surface area contributed by atoms with Gasteiger partial charge in [-0.3, -0.25) is 0 Å². The molecule has 0 bridgehead atoms. The van der Waals surface area contributed by atoms with Crippen molar-refractivity contribution >= 4 is 11.0 Å². The molecule has 1 saturated heterocycles. The Bertz CT molecular complexity index is 662. The summed E-state index contributed by atoms with van der Waals surface area (Å²) in [5, 5.41) is 4.63. The maximum atomic E-state index is 6.19. The number of aromatic nitrogens is 2. The molecule has 2 aromatic rings. The fraction of sp³-hybridized carbons (Fsp3) is 0.588. The smallest absolute Gasteiger partial charge is 0.215 e. The first-order chi connectivity index (χ1) is 10.2. The molecule has 1 spiro atoms. The summed E-state index contributed by atoms with van der Waals surface area (Å²) in [6.45, 7) is 4.53. The molecular formula is C17H23N3O. The van der Waals surface area contributed by atoms with E-state index in [0.717, 1.165) is 24.4 Å². The van der Waals surface area contributed by atoms with Crippen LogP contribution >= 0.6 is 0 Å². The van der Waals surface area contributed by atoms with Gasteiger partial charge < -0.3 is 14.6 Å². The third kappa shape index (κ3) is 2.22. The zero-order valence-electron chi connectivity index (χ0n) is 12.9. The van der Waals surface area contributed by atoms with E-state index in [9.17, 15) is 0 Å². The van der Waals surface area contributed by atoms with Crippen molar-refractivity contribution in [2.24, 2.45) is 12.5 Å². The summed E-state index contributed by atoms with van der Waals surface area (Å²) in [5.74, 6) is 0.787. The van der Waals surface area contributed by atoms with E-state index in [1.54, 1.807) is 0 Å². The molecule has 1 aliphatic carbocycles. The zero-order chi connectivity index (χ0) is 14.4. The quantitative estimate of drug-likeness (QED) is 0.922. The minimum atomic E-state index is 0.334. The Hall–Kier alpha value is -1.55. The van der Waals surface area contributed by atoms with Gasteiger partial charge in [-0.2, -0.15) is 4.98 Å². The maximum Gasteiger partial charge on any atom is 0.215 e. The van der Waals surface area contributed by atoms with Gasteiger partial charge in [0.05, 0.1) is 0 Å². The molecule has 4 heteroatoms. The van der Waals surface area contributed by atoms with E-state index in [-0.39, 0.29) is 0 Å². The lowest BCUT2D eigenvalue weighted by Crippen LogP contribution is -2.55. The fourth-order valence-electron chi connectivity index (χ4n) is 3.75. The highest BCUT2D eigenvalue weighted by Crippen LogP contribution is 2.40. The average Bonchev–Trinajstić information content (AvgIpc) is 2.80. The number of ether oxygens (including phenoxy) is 1. The molecule has 0 amide bonds. The Morgan fingerprint density at radius 1 is 1.33 bits per heavy atom. The van der Waals surface area contributed by atoms with Gasteiger partial charge in [-0.25, -0.2) is 0 Å². The van der Waals surface area contributed by atoms with Crippen molar-refractivity contribution in [3.63, 3.8) is 0 Å². The lowest BCUT2D eigenvalue weighted by Gasteiger charge is -2.47. The predicted molar refractivity (Wildman–Crippen MR) is 83.6 cm³/mol. The second-order valence-electron chi connectivity index (χ2n) is 6.86. The first-order valence-corrected chi connectivity index (χ1v) is 7.95. The monoisotopic (exact) mass is 285 g/mol. The third-order valence-corrected chi connectivity index (χ3v) is 5.30. The van der Waals surface area contributed by atoms with Gasteiger partial charge in [0, 0.05) is 37.8 Å². The fourth-order valence-corrected chi connectivity index (χ4v) is 3.75. The largest absolute Gasteiger partial charge is 0.474 e. The molecule has 112 valence electrons. The van der Waals surface area contributed by atoms with Crippen molar-refractivity contribution in [1.29, 1.82) is 0 Å². The molecule has 2 aliphatic rings. The van der Waals surface area contributed by atoms with Crippen LogP contribution in [-0.4, -0.2) is 28.7 Å². The van der Waals surface area contributed by atoms with E-state index >= 15 is 0 Å². The van der Waals surface area contributed by atoms with Crippen LogP contribution in [0.25, 0.3) is 11.0 Å². The number of hydrogen-bond acceptors (Lipinski definition) is 3. The standard InChI is InChI=1S/C17H23N3O/c1-12-9-15(19-16-14(12)5-8-20(16)2)21-13-3-6-17(7-4-13)10-18-11-17/h5,8-9,13,18H,3-4,6-7,10-11H2,1-2H3. The van der Waals surface area contributed by atoms with E-state index in [4.69, 9.17) is 4.74 Å². The van der Waals surface area contributed by atoms with Crippen LogP contribution in [0.4, 0.5) is 0 Å². The lowest BCUT2D eigenvalue weighted by atomic mass is 9.69. The molecule has 0 unspecified atom stereocenters. The summed E-state index contributed by atoms with van der Waals surface area (Å²) in [6.07, 6.45) is 7.29. The number of fused-ring (bicyclic) bond motifs is 1. The van der Waals surface area contributed by atoms with E-state index in [0.29, 0.717) is 11.5 Å². The van der Waals surface area contributed by atoms with Crippen LogP contribution in [0.15, 0.2) is 18.3 Å². The zero-order valence-corrected chi connectivity index (χ0v) is 12.9. The highest BCUT2D eigenvalue weighted by atomic mass is 16.5. The van der Waals surface area contributed by atoms with Crippen molar-refractivity contribution < 1.29 is 4.74 Å². The van der Waals surface area contributed by atoms with Crippen LogP contribution in [0.2, 0.25) is 0 Å². The van der Waals surface area contributed by atoms with E-state index in [1.165, 1.54) is 36.9 Å². The van der Waals surface area contributed by atoms with Crippen LogP contribution in [-0.2, 0) is 7.05 Å². The van der Waals surface area contributed by atoms with Crippen LogP contribution in [0.3, 0.4) is 0 Å². The van der Waals surface area contributed by atoms with Crippen molar-refractivity contribution in [1.82, 2.24) is 14.9 Å². The average molecular weight is 285 g/mol. The van der Waals surface area contributed by atoms with Gasteiger partial charge in [0.25, 0.3) is 0 Å². The highest BCUT2D eigenvalue weighted by Gasteiger charge is 2.40. The molecule has 3 heterocycles. The van der Waals surface area contributed by atoms with E-state index in [1.807, 2.05) is 7.05 Å². The highest BCUT2D eigenvalue weighted by molar-refractivity contribution is 5.80. The third-order valence-electron chi connectivity index (χ3n) is 5.30. The number of pyridine rings is 1. The van der Waals surface area contributed by atoms with Gasteiger partial charge in [0.1, 0.15) is 11.8 Å². The number of aryl methyl sites for hydroxylation is 2. The first kappa shape index (κ1) is 13.1. The molecule has 0 atom stereocenters.